The van der Waals surface area contributed by atoms with E-state index in [0.717, 1.165) is 19.3 Å². The molecule has 1 atom stereocenters. The van der Waals surface area contributed by atoms with Gasteiger partial charge in [-0.1, -0.05) is 39.0 Å². The van der Waals surface area contributed by atoms with Crippen LogP contribution in [-0.2, 0) is 28.6 Å². The van der Waals surface area contributed by atoms with Gasteiger partial charge in [0.05, 0.1) is 6.61 Å². The summed E-state index contributed by atoms with van der Waals surface area (Å²) in [7, 11) is 0. The predicted octanol–water partition coefficient (Wildman–Crippen LogP) is 2.38. The third-order valence-corrected chi connectivity index (χ3v) is 2.75. The Morgan fingerprint density at radius 2 is 1.48 bits per heavy atom. The number of esters is 3. The smallest absolute Gasteiger partial charge is 0.351 e. The van der Waals surface area contributed by atoms with Gasteiger partial charge in [-0.15, -0.1) is 0 Å². The van der Waals surface area contributed by atoms with Crippen LogP contribution in [0.15, 0.2) is 0 Å². The zero-order chi connectivity index (χ0) is 16.1. The van der Waals surface area contributed by atoms with Crippen molar-refractivity contribution in [2.45, 2.75) is 65.4 Å². The normalized spacial score (nSPS) is 11.6. The fraction of sp³-hybridized carbons (Fsp3) is 0.800. The van der Waals surface area contributed by atoms with E-state index < -0.39 is 24.0 Å². The molecule has 0 aromatic heterocycles. The van der Waals surface area contributed by atoms with Crippen molar-refractivity contribution in [3.05, 3.63) is 0 Å². The topological polar surface area (TPSA) is 78.9 Å². The van der Waals surface area contributed by atoms with Gasteiger partial charge >= 0.3 is 17.9 Å². The van der Waals surface area contributed by atoms with Crippen LogP contribution < -0.4 is 0 Å². The van der Waals surface area contributed by atoms with Crippen molar-refractivity contribution in [2.75, 3.05) is 13.2 Å². The van der Waals surface area contributed by atoms with E-state index in [2.05, 4.69) is 11.7 Å². The summed E-state index contributed by atoms with van der Waals surface area (Å²) in [5.41, 5.74) is 0. The van der Waals surface area contributed by atoms with E-state index in [1.54, 1.807) is 0 Å². The quantitative estimate of drug-likeness (QED) is 0.331. The molecule has 0 aliphatic rings. The van der Waals surface area contributed by atoms with Crippen molar-refractivity contribution in [2.24, 2.45) is 0 Å². The zero-order valence-electron chi connectivity index (χ0n) is 13.2. The van der Waals surface area contributed by atoms with E-state index in [9.17, 15) is 14.4 Å². The second kappa shape index (κ2) is 12.2. The third-order valence-electron chi connectivity index (χ3n) is 2.75. The summed E-state index contributed by atoms with van der Waals surface area (Å²) in [5.74, 6) is -1.85. The summed E-state index contributed by atoms with van der Waals surface area (Å²) in [6.07, 6.45) is 5.29. The van der Waals surface area contributed by atoms with E-state index in [-0.39, 0.29) is 13.2 Å². The van der Waals surface area contributed by atoms with E-state index in [0.29, 0.717) is 0 Å². The number of hydrogen-bond acceptors (Lipinski definition) is 6. The maximum atomic E-state index is 11.7. The minimum absolute atomic E-state index is 0.281. The van der Waals surface area contributed by atoms with Crippen LogP contribution in [0.2, 0.25) is 0 Å². The number of rotatable bonds is 11. The molecule has 0 aliphatic carbocycles. The maximum absolute atomic E-state index is 11.7. The summed E-state index contributed by atoms with van der Waals surface area (Å²) in [4.78, 5) is 33.4. The Balaban J connectivity index is 3.93. The molecule has 0 aromatic carbocycles. The monoisotopic (exact) mass is 302 g/mol. The highest BCUT2D eigenvalue weighted by Gasteiger charge is 2.24. The minimum Gasteiger partial charge on any atom is -0.463 e. The Bertz CT molecular complexity index is 326. The lowest BCUT2D eigenvalue weighted by Gasteiger charge is -2.15. The van der Waals surface area contributed by atoms with Crippen LogP contribution in [0.1, 0.15) is 59.3 Å². The molecule has 21 heavy (non-hydrogen) atoms. The highest BCUT2D eigenvalue weighted by Crippen LogP contribution is 2.06. The third kappa shape index (κ3) is 11.9. The SMILES string of the molecule is CCCCCCCCOC(=O)[C@@H](COC(C)=O)OC(C)=O. The van der Waals surface area contributed by atoms with Crippen LogP contribution in [0, 0.1) is 0 Å². The Labute approximate surface area is 126 Å². The second-order valence-corrected chi connectivity index (χ2v) is 4.84. The molecule has 6 nitrogen and oxygen atoms in total. The Hall–Kier alpha value is -1.59. The fourth-order valence-electron chi connectivity index (χ4n) is 1.69. The van der Waals surface area contributed by atoms with Crippen LogP contribution in [0.5, 0.6) is 0 Å². The fourth-order valence-corrected chi connectivity index (χ4v) is 1.69. The van der Waals surface area contributed by atoms with Crippen LogP contribution in [-0.4, -0.2) is 37.2 Å². The molecule has 0 aliphatic heterocycles. The lowest BCUT2D eigenvalue weighted by molar-refractivity contribution is -0.173. The molecule has 0 amide bonds. The largest absolute Gasteiger partial charge is 0.463 e. The molecule has 122 valence electrons. The molecular formula is C15H26O6. The average molecular weight is 302 g/mol. The molecule has 6 heteroatoms. The predicted molar refractivity (Wildman–Crippen MR) is 76.5 cm³/mol. The zero-order valence-corrected chi connectivity index (χ0v) is 13.2. The molecule has 0 spiro atoms. The molecule has 0 saturated carbocycles. The first kappa shape index (κ1) is 19.4. The Morgan fingerprint density at radius 1 is 0.857 bits per heavy atom. The summed E-state index contributed by atoms with van der Waals surface area (Å²) >= 11 is 0. The van der Waals surface area contributed by atoms with Gasteiger partial charge in [0.1, 0.15) is 6.61 Å². The van der Waals surface area contributed by atoms with Gasteiger partial charge in [-0.25, -0.2) is 4.79 Å². The molecule has 0 bridgehead atoms. The molecule has 0 saturated heterocycles. The van der Waals surface area contributed by atoms with Crippen LogP contribution in [0.25, 0.3) is 0 Å². The van der Waals surface area contributed by atoms with Crippen molar-refractivity contribution in [3.63, 3.8) is 0 Å². The van der Waals surface area contributed by atoms with Crippen LogP contribution in [0.3, 0.4) is 0 Å². The molecule has 0 rings (SSSR count). The summed E-state index contributed by atoms with van der Waals surface area (Å²) in [6.45, 7) is 4.52. The summed E-state index contributed by atoms with van der Waals surface area (Å²) in [6, 6.07) is 0. The molecular weight excluding hydrogens is 276 g/mol. The first-order valence-electron chi connectivity index (χ1n) is 7.44. The molecule has 0 radical (unpaired) electrons. The molecule has 0 heterocycles. The van der Waals surface area contributed by atoms with Gasteiger partial charge in [0, 0.05) is 13.8 Å². The maximum Gasteiger partial charge on any atom is 0.351 e. The van der Waals surface area contributed by atoms with Gasteiger partial charge in [0.25, 0.3) is 0 Å². The first-order valence-corrected chi connectivity index (χ1v) is 7.44. The molecule has 0 N–H and O–H groups in total. The Morgan fingerprint density at radius 3 is 2.05 bits per heavy atom. The second-order valence-electron chi connectivity index (χ2n) is 4.84. The summed E-state index contributed by atoms with van der Waals surface area (Å²) in [5, 5.41) is 0. The standard InChI is InChI=1S/C15H26O6/c1-4-5-6-7-8-9-10-19-15(18)14(21-13(3)17)11-20-12(2)16/h14H,4-11H2,1-3H3/t14-/m1/s1. The number of ether oxygens (including phenoxy) is 3. The van der Waals surface area contributed by atoms with Gasteiger partial charge in [0.2, 0.25) is 6.10 Å². The van der Waals surface area contributed by atoms with Crippen molar-refractivity contribution < 1.29 is 28.6 Å². The van der Waals surface area contributed by atoms with Gasteiger partial charge in [-0.05, 0) is 6.42 Å². The van der Waals surface area contributed by atoms with E-state index in [1.807, 2.05) is 0 Å². The van der Waals surface area contributed by atoms with Crippen molar-refractivity contribution in [3.8, 4) is 0 Å². The molecule has 0 fully saturated rings. The minimum atomic E-state index is -1.19. The number of carbonyl (C=O) groups is 3. The number of carbonyl (C=O) groups excluding carboxylic acids is 3. The van der Waals surface area contributed by atoms with Gasteiger partial charge in [-0.2, -0.15) is 0 Å². The highest BCUT2D eigenvalue weighted by atomic mass is 16.6. The average Bonchev–Trinajstić information content (AvgIpc) is 2.41. The molecule has 0 aromatic rings. The van der Waals surface area contributed by atoms with Crippen molar-refractivity contribution in [1.29, 1.82) is 0 Å². The van der Waals surface area contributed by atoms with E-state index in [1.165, 1.54) is 33.1 Å². The number of unbranched alkanes of at least 4 members (excludes halogenated alkanes) is 5. The van der Waals surface area contributed by atoms with Crippen molar-refractivity contribution >= 4 is 17.9 Å². The molecule has 0 unspecified atom stereocenters. The van der Waals surface area contributed by atoms with Crippen LogP contribution >= 0.6 is 0 Å². The van der Waals surface area contributed by atoms with Gasteiger partial charge < -0.3 is 14.2 Å². The lowest BCUT2D eigenvalue weighted by Crippen LogP contribution is -2.33. The van der Waals surface area contributed by atoms with E-state index in [4.69, 9.17) is 9.47 Å². The Kier molecular flexibility index (Phi) is 11.3. The first-order chi connectivity index (χ1) is 9.97. The van der Waals surface area contributed by atoms with E-state index >= 15 is 0 Å². The highest BCUT2D eigenvalue weighted by molar-refractivity contribution is 5.79. The van der Waals surface area contributed by atoms with Crippen molar-refractivity contribution in [1.82, 2.24) is 0 Å². The van der Waals surface area contributed by atoms with Gasteiger partial charge in [-0.3, -0.25) is 9.59 Å². The summed E-state index contributed by atoms with van der Waals surface area (Å²) < 4.78 is 14.5. The van der Waals surface area contributed by atoms with Crippen LogP contribution in [0.4, 0.5) is 0 Å². The number of hydrogen-bond donors (Lipinski definition) is 0. The lowest BCUT2D eigenvalue weighted by atomic mass is 10.1. The van der Waals surface area contributed by atoms with Gasteiger partial charge in [0.15, 0.2) is 0 Å².